The van der Waals surface area contributed by atoms with E-state index in [0.29, 0.717) is 12.3 Å². The number of aliphatic hydroxyl groups excluding tert-OH is 1. The van der Waals surface area contributed by atoms with Gasteiger partial charge in [-0.25, -0.2) is 0 Å². The van der Waals surface area contributed by atoms with Crippen LogP contribution in [0.4, 0.5) is 0 Å². The fraction of sp³-hybridized carbons (Fsp3) is 0.500. The summed E-state index contributed by atoms with van der Waals surface area (Å²) in [5.41, 5.74) is 1.40. The Hall–Kier alpha value is -1.43. The van der Waals surface area contributed by atoms with Gasteiger partial charge < -0.3 is 19.4 Å². The van der Waals surface area contributed by atoms with Gasteiger partial charge >= 0.3 is 0 Å². The molecule has 0 aliphatic carbocycles. The van der Waals surface area contributed by atoms with Crippen LogP contribution >= 0.6 is 0 Å². The molecule has 5 nitrogen and oxygen atoms in total. The Morgan fingerprint density at radius 3 is 2.63 bits per heavy atom. The van der Waals surface area contributed by atoms with Crippen LogP contribution in [-0.2, 0) is 14.3 Å². The fourth-order valence-electron chi connectivity index (χ4n) is 2.37. The summed E-state index contributed by atoms with van der Waals surface area (Å²) in [6.45, 7) is 4.08. The molecule has 5 heteroatoms. The lowest BCUT2D eigenvalue weighted by Gasteiger charge is -2.21. The van der Waals surface area contributed by atoms with Crippen molar-refractivity contribution < 1.29 is 19.4 Å². The van der Waals surface area contributed by atoms with Gasteiger partial charge in [-0.1, -0.05) is 35.5 Å². The van der Waals surface area contributed by atoms with Gasteiger partial charge in [-0.2, -0.15) is 0 Å². The second-order valence-corrected chi connectivity index (χ2v) is 5.22. The molecule has 19 heavy (non-hydrogen) atoms. The van der Waals surface area contributed by atoms with Gasteiger partial charge in [0.2, 0.25) is 0 Å². The van der Waals surface area contributed by atoms with Gasteiger partial charge in [0, 0.05) is 5.56 Å². The van der Waals surface area contributed by atoms with E-state index in [2.05, 4.69) is 5.16 Å². The number of rotatable bonds is 2. The van der Waals surface area contributed by atoms with Crippen LogP contribution in [0.1, 0.15) is 19.4 Å². The summed E-state index contributed by atoms with van der Waals surface area (Å²) in [5.74, 6) is -0.636. The third-order valence-electron chi connectivity index (χ3n) is 3.33. The smallest absolute Gasteiger partial charge is 0.187 e. The lowest BCUT2D eigenvalue weighted by atomic mass is 9.99. The van der Waals surface area contributed by atoms with E-state index >= 15 is 0 Å². The molecule has 3 atom stereocenters. The van der Waals surface area contributed by atoms with E-state index in [0.717, 1.165) is 5.56 Å². The first-order valence-corrected chi connectivity index (χ1v) is 6.36. The van der Waals surface area contributed by atoms with Crippen molar-refractivity contribution in [3.63, 3.8) is 0 Å². The van der Waals surface area contributed by atoms with Gasteiger partial charge in [0.15, 0.2) is 11.9 Å². The Morgan fingerprint density at radius 1 is 1.26 bits per heavy atom. The normalized spacial score (nSPS) is 33.0. The van der Waals surface area contributed by atoms with E-state index in [9.17, 15) is 5.11 Å². The Kier molecular flexibility index (Phi) is 3.05. The molecule has 2 aliphatic heterocycles. The van der Waals surface area contributed by atoms with Crippen LogP contribution < -0.4 is 0 Å². The zero-order valence-electron chi connectivity index (χ0n) is 10.9. The molecule has 0 saturated carbocycles. The Morgan fingerprint density at radius 2 is 2.00 bits per heavy atom. The molecule has 1 saturated heterocycles. The van der Waals surface area contributed by atoms with E-state index in [-0.39, 0.29) is 6.10 Å². The molecule has 2 heterocycles. The summed E-state index contributed by atoms with van der Waals surface area (Å²) < 4.78 is 11.2. The summed E-state index contributed by atoms with van der Waals surface area (Å²) in [6, 6.07) is 9.50. The van der Waals surface area contributed by atoms with Crippen molar-refractivity contribution in [2.75, 3.05) is 6.61 Å². The molecular formula is C14H17NO4. The average molecular weight is 263 g/mol. The summed E-state index contributed by atoms with van der Waals surface area (Å²) in [4.78, 5) is 5.34. The van der Waals surface area contributed by atoms with Crippen molar-refractivity contribution in [1.82, 2.24) is 0 Å². The van der Waals surface area contributed by atoms with E-state index in [1.54, 1.807) is 0 Å². The maximum absolute atomic E-state index is 10.3. The highest BCUT2D eigenvalue weighted by Gasteiger charge is 2.46. The van der Waals surface area contributed by atoms with Crippen molar-refractivity contribution in [3.05, 3.63) is 35.9 Å². The quantitative estimate of drug-likeness (QED) is 0.873. The minimum absolute atomic E-state index is 0.310. The number of nitrogens with zero attached hydrogens (tertiary/aromatic N) is 1. The zero-order chi connectivity index (χ0) is 13.5. The number of benzene rings is 1. The first kappa shape index (κ1) is 12.6. The SMILES string of the molecule is CC1(C)OC[C@H]([C@H]2ON=C(c3ccccc3)[C@@H]2O)O1. The Labute approximate surface area is 111 Å². The number of hydrogen-bond acceptors (Lipinski definition) is 5. The van der Waals surface area contributed by atoms with Crippen molar-refractivity contribution in [3.8, 4) is 0 Å². The van der Waals surface area contributed by atoms with Crippen LogP contribution in [0, 0.1) is 0 Å². The molecule has 0 amide bonds. The Bertz CT molecular complexity index is 485. The number of oxime groups is 1. The van der Waals surface area contributed by atoms with Gasteiger partial charge in [-0.3, -0.25) is 0 Å². The number of aliphatic hydroxyl groups is 1. The van der Waals surface area contributed by atoms with Crippen LogP contribution in [-0.4, -0.2) is 41.5 Å². The van der Waals surface area contributed by atoms with E-state index in [4.69, 9.17) is 14.3 Å². The third kappa shape index (κ3) is 2.36. The number of ether oxygens (including phenoxy) is 2. The van der Waals surface area contributed by atoms with Gasteiger partial charge in [-0.05, 0) is 13.8 Å². The van der Waals surface area contributed by atoms with Crippen molar-refractivity contribution in [2.24, 2.45) is 5.16 Å². The molecule has 102 valence electrons. The lowest BCUT2D eigenvalue weighted by Crippen LogP contribution is -2.41. The monoisotopic (exact) mass is 263 g/mol. The van der Waals surface area contributed by atoms with Crippen LogP contribution in [0.2, 0.25) is 0 Å². The van der Waals surface area contributed by atoms with Crippen LogP contribution in [0.25, 0.3) is 0 Å². The molecule has 0 radical (unpaired) electrons. The van der Waals surface area contributed by atoms with Crippen LogP contribution in [0.3, 0.4) is 0 Å². The van der Waals surface area contributed by atoms with Gasteiger partial charge in [0.05, 0.1) is 6.61 Å². The average Bonchev–Trinajstić information content (AvgIpc) is 2.93. The minimum atomic E-state index is -0.801. The lowest BCUT2D eigenvalue weighted by molar-refractivity contribution is -0.160. The van der Waals surface area contributed by atoms with Crippen molar-refractivity contribution in [2.45, 2.75) is 37.9 Å². The first-order chi connectivity index (χ1) is 9.07. The molecule has 0 spiro atoms. The molecule has 1 fully saturated rings. The largest absolute Gasteiger partial charge is 0.386 e. The van der Waals surface area contributed by atoms with Crippen molar-refractivity contribution in [1.29, 1.82) is 0 Å². The van der Waals surface area contributed by atoms with Gasteiger partial charge in [0.1, 0.15) is 17.9 Å². The summed E-state index contributed by atoms with van der Waals surface area (Å²) in [5, 5.41) is 14.3. The minimum Gasteiger partial charge on any atom is -0.386 e. The maximum Gasteiger partial charge on any atom is 0.187 e. The molecule has 0 unspecified atom stereocenters. The van der Waals surface area contributed by atoms with E-state index in [1.807, 2.05) is 44.2 Å². The van der Waals surface area contributed by atoms with Gasteiger partial charge in [0.25, 0.3) is 0 Å². The molecule has 0 aromatic heterocycles. The fourth-order valence-corrected chi connectivity index (χ4v) is 2.37. The first-order valence-electron chi connectivity index (χ1n) is 6.36. The highest BCUT2D eigenvalue weighted by atomic mass is 16.8. The molecule has 3 rings (SSSR count). The Balaban J connectivity index is 1.73. The predicted octanol–water partition coefficient (Wildman–Crippen LogP) is 1.30. The molecule has 1 N–H and O–H groups in total. The molecule has 0 bridgehead atoms. The molecular weight excluding hydrogens is 246 g/mol. The predicted molar refractivity (Wildman–Crippen MR) is 68.8 cm³/mol. The van der Waals surface area contributed by atoms with E-state index in [1.165, 1.54) is 0 Å². The zero-order valence-corrected chi connectivity index (χ0v) is 10.9. The third-order valence-corrected chi connectivity index (χ3v) is 3.33. The molecule has 2 aliphatic rings. The second-order valence-electron chi connectivity index (χ2n) is 5.22. The standard InChI is InChI=1S/C14H17NO4/c1-14(2)17-8-10(18-14)13-12(16)11(15-19-13)9-6-4-3-5-7-9/h3-7,10,12-13,16H,8H2,1-2H3/t10-,12+,13-/m1/s1. The van der Waals surface area contributed by atoms with E-state index < -0.39 is 18.0 Å². The summed E-state index contributed by atoms with van der Waals surface area (Å²) in [7, 11) is 0. The highest BCUT2D eigenvalue weighted by Crippen LogP contribution is 2.30. The molecule has 1 aromatic rings. The van der Waals surface area contributed by atoms with Crippen molar-refractivity contribution >= 4 is 5.71 Å². The topological polar surface area (TPSA) is 60.3 Å². The number of hydrogen-bond donors (Lipinski definition) is 1. The van der Waals surface area contributed by atoms with Crippen LogP contribution in [0.15, 0.2) is 35.5 Å². The molecule has 1 aromatic carbocycles. The van der Waals surface area contributed by atoms with Crippen LogP contribution in [0.5, 0.6) is 0 Å². The summed E-state index contributed by atoms with van der Waals surface area (Å²) in [6.07, 6.45) is -1.63. The maximum atomic E-state index is 10.3. The summed E-state index contributed by atoms with van der Waals surface area (Å²) >= 11 is 0. The highest BCUT2D eigenvalue weighted by molar-refractivity contribution is 6.04. The second kappa shape index (κ2) is 4.59. The van der Waals surface area contributed by atoms with Gasteiger partial charge in [-0.15, -0.1) is 0 Å².